The summed E-state index contributed by atoms with van der Waals surface area (Å²) in [5.41, 5.74) is 1.19. The molecule has 2 aromatic heterocycles. The molecule has 12 heteroatoms. The van der Waals surface area contributed by atoms with Crippen molar-refractivity contribution in [1.82, 2.24) is 24.9 Å². The van der Waals surface area contributed by atoms with Crippen molar-refractivity contribution in [2.45, 2.75) is 5.16 Å². The Labute approximate surface area is 192 Å². The number of rotatable bonds is 8. The molecule has 0 spiro atoms. The second kappa shape index (κ2) is 9.69. The van der Waals surface area contributed by atoms with Crippen LogP contribution in [0.5, 0.6) is 11.5 Å². The fourth-order valence-electron chi connectivity index (χ4n) is 2.90. The van der Waals surface area contributed by atoms with Crippen LogP contribution >= 0.6 is 11.8 Å². The lowest BCUT2D eigenvalue weighted by atomic mass is 10.2. The van der Waals surface area contributed by atoms with Crippen LogP contribution in [0.25, 0.3) is 23.1 Å². The average molecular weight is 470 g/mol. The molecule has 0 aliphatic heterocycles. The number of amides is 1. The topological polar surface area (TPSA) is 117 Å². The highest BCUT2D eigenvalue weighted by atomic mass is 32.2. The highest BCUT2D eigenvalue weighted by Crippen LogP contribution is 2.30. The number of nitrogens with zero attached hydrogens (tertiary/aromatic N) is 5. The van der Waals surface area contributed by atoms with Crippen molar-refractivity contribution < 1.29 is 23.2 Å². The standard InChI is InChI=1S/C21H19FN6O4S/c1-28-19(20-24-18(27-32-20)12-4-6-13(22)7-5-12)25-26-21(28)33-11-17(29)23-14-8-9-15(30-2)16(10-14)31-3/h4-10H,11H2,1-3H3,(H,23,29). The number of methoxy groups -OCH3 is 2. The lowest BCUT2D eigenvalue weighted by molar-refractivity contribution is -0.113. The largest absolute Gasteiger partial charge is 0.493 e. The molecule has 0 radical (unpaired) electrons. The highest BCUT2D eigenvalue weighted by Gasteiger charge is 2.19. The highest BCUT2D eigenvalue weighted by molar-refractivity contribution is 7.99. The van der Waals surface area contributed by atoms with Gasteiger partial charge in [0.15, 0.2) is 16.7 Å². The minimum atomic E-state index is -0.354. The fourth-order valence-corrected chi connectivity index (χ4v) is 3.61. The number of nitrogens with one attached hydrogen (secondary N) is 1. The minimum Gasteiger partial charge on any atom is -0.493 e. The predicted molar refractivity (Wildman–Crippen MR) is 119 cm³/mol. The minimum absolute atomic E-state index is 0.102. The maximum Gasteiger partial charge on any atom is 0.296 e. The van der Waals surface area contributed by atoms with Crippen molar-refractivity contribution in [3.63, 3.8) is 0 Å². The second-order valence-electron chi connectivity index (χ2n) is 6.70. The molecule has 0 unspecified atom stereocenters. The van der Waals surface area contributed by atoms with Gasteiger partial charge in [0.05, 0.1) is 20.0 Å². The van der Waals surface area contributed by atoms with E-state index in [1.165, 1.54) is 31.0 Å². The maximum atomic E-state index is 13.1. The van der Waals surface area contributed by atoms with Crippen LogP contribution in [0.15, 0.2) is 52.1 Å². The van der Waals surface area contributed by atoms with Crippen LogP contribution in [-0.2, 0) is 11.8 Å². The van der Waals surface area contributed by atoms with Gasteiger partial charge in [-0.3, -0.25) is 4.79 Å². The van der Waals surface area contributed by atoms with E-state index >= 15 is 0 Å². The number of ether oxygens (including phenoxy) is 2. The van der Waals surface area contributed by atoms with E-state index in [0.29, 0.717) is 39.6 Å². The van der Waals surface area contributed by atoms with Crippen molar-refractivity contribution in [3.8, 4) is 34.6 Å². The van der Waals surface area contributed by atoms with Crippen LogP contribution in [-0.4, -0.2) is 50.8 Å². The van der Waals surface area contributed by atoms with E-state index in [9.17, 15) is 9.18 Å². The van der Waals surface area contributed by atoms with E-state index in [1.54, 1.807) is 49.1 Å². The van der Waals surface area contributed by atoms with Crippen LogP contribution < -0.4 is 14.8 Å². The smallest absolute Gasteiger partial charge is 0.296 e. The number of benzene rings is 2. The summed E-state index contributed by atoms with van der Waals surface area (Å²) in [6, 6.07) is 10.8. The molecule has 170 valence electrons. The van der Waals surface area contributed by atoms with E-state index < -0.39 is 0 Å². The molecule has 4 aromatic rings. The van der Waals surface area contributed by atoms with Gasteiger partial charge in [-0.1, -0.05) is 16.9 Å². The first-order valence-electron chi connectivity index (χ1n) is 9.62. The lowest BCUT2D eigenvalue weighted by Gasteiger charge is -2.10. The molecule has 2 heterocycles. The van der Waals surface area contributed by atoms with Gasteiger partial charge in [0.1, 0.15) is 5.82 Å². The Kier molecular flexibility index (Phi) is 6.54. The van der Waals surface area contributed by atoms with Crippen molar-refractivity contribution in [2.24, 2.45) is 7.05 Å². The molecule has 1 N–H and O–H groups in total. The normalized spacial score (nSPS) is 10.8. The van der Waals surface area contributed by atoms with Crippen LogP contribution in [0, 0.1) is 5.82 Å². The van der Waals surface area contributed by atoms with E-state index in [2.05, 4.69) is 25.7 Å². The molecule has 4 rings (SSSR count). The second-order valence-corrected chi connectivity index (χ2v) is 7.64. The van der Waals surface area contributed by atoms with Gasteiger partial charge in [0, 0.05) is 24.4 Å². The Balaban J connectivity index is 1.40. The zero-order chi connectivity index (χ0) is 23.4. The molecule has 0 aliphatic rings. The molecule has 0 atom stereocenters. The molecular weight excluding hydrogens is 451 g/mol. The lowest BCUT2D eigenvalue weighted by Crippen LogP contribution is -2.14. The summed E-state index contributed by atoms with van der Waals surface area (Å²) in [5, 5.41) is 15.4. The first kappa shape index (κ1) is 22.3. The Morgan fingerprint density at radius 1 is 1.12 bits per heavy atom. The number of carbonyl (C=O) groups is 1. The van der Waals surface area contributed by atoms with Crippen LogP contribution in [0.4, 0.5) is 10.1 Å². The SMILES string of the molecule is COc1ccc(NC(=O)CSc2nnc(-c3nc(-c4ccc(F)cc4)no3)n2C)cc1OC. The summed E-state index contributed by atoms with van der Waals surface area (Å²) >= 11 is 1.20. The van der Waals surface area contributed by atoms with E-state index in [0.717, 1.165) is 0 Å². The van der Waals surface area contributed by atoms with Crippen molar-refractivity contribution >= 4 is 23.4 Å². The zero-order valence-corrected chi connectivity index (χ0v) is 18.7. The number of anilines is 1. The van der Waals surface area contributed by atoms with Crippen molar-refractivity contribution in [2.75, 3.05) is 25.3 Å². The van der Waals surface area contributed by atoms with Gasteiger partial charge in [0.2, 0.25) is 17.6 Å². The Morgan fingerprint density at radius 3 is 2.61 bits per heavy atom. The summed E-state index contributed by atoms with van der Waals surface area (Å²) in [7, 11) is 4.79. The number of hydrogen-bond donors (Lipinski definition) is 1. The van der Waals surface area contributed by atoms with Crippen LogP contribution in [0.2, 0.25) is 0 Å². The summed E-state index contributed by atoms with van der Waals surface area (Å²) in [4.78, 5) is 16.7. The third-order valence-corrected chi connectivity index (χ3v) is 5.57. The molecule has 0 saturated carbocycles. The molecule has 0 fully saturated rings. The number of aromatic nitrogens is 5. The molecule has 0 bridgehead atoms. The number of carbonyl (C=O) groups excluding carboxylic acids is 1. The Morgan fingerprint density at radius 2 is 1.88 bits per heavy atom. The van der Waals surface area contributed by atoms with Gasteiger partial charge < -0.3 is 23.9 Å². The molecule has 33 heavy (non-hydrogen) atoms. The third kappa shape index (κ3) is 4.95. The van der Waals surface area contributed by atoms with Gasteiger partial charge in [-0.05, 0) is 36.4 Å². The van der Waals surface area contributed by atoms with Gasteiger partial charge >= 0.3 is 0 Å². The number of halogens is 1. The van der Waals surface area contributed by atoms with Gasteiger partial charge in [-0.2, -0.15) is 4.98 Å². The van der Waals surface area contributed by atoms with E-state index in [1.807, 2.05) is 0 Å². The van der Waals surface area contributed by atoms with E-state index in [-0.39, 0.29) is 23.4 Å². The molecular formula is C21H19FN6O4S. The summed E-state index contributed by atoms with van der Waals surface area (Å²) < 4.78 is 30.5. The predicted octanol–water partition coefficient (Wildman–Crippen LogP) is 3.42. The zero-order valence-electron chi connectivity index (χ0n) is 17.9. The maximum absolute atomic E-state index is 13.1. The van der Waals surface area contributed by atoms with Gasteiger partial charge in [0.25, 0.3) is 5.89 Å². The quantitative estimate of drug-likeness (QED) is 0.387. The fraction of sp³-hybridized carbons (Fsp3) is 0.190. The monoisotopic (exact) mass is 470 g/mol. The molecule has 1 amide bonds. The number of hydrogen-bond acceptors (Lipinski definition) is 9. The Bertz CT molecular complexity index is 1270. The van der Waals surface area contributed by atoms with Crippen LogP contribution in [0.3, 0.4) is 0 Å². The van der Waals surface area contributed by atoms with Gasteiger partial charge in [-0.25, -0.2) is 4.39 Å². The number of thioether (sulfide) groups is 1. The Hall–Kier alpha value is -3.93. The molecule has 10 nitrogen and oxygen atoms in total. The average Bonchev–Trinajstić information content (AvgIpc) is 3.45. The van der Waals surface area contributed by atoms with Crippen LogP contribution in [0.1, 0.15) is 0 Å². The molecule has 2 aromatic carbocycles. The van der Waals surface area contributed by atoms with Crippen molar-refractivity contribution in [3.05, 3.63) is 48.3 Å². The first-order valence-corrected chi connectivity index (χ1v) is 10.6. The van der Waals surface area contributed by atoms with Gasteiger partial charge in [-0.15, -0.1) is 10.2 Å². The third-order valence-electron chi connectivity index (χ3n) is 4.55. The summed E-state index contributed by atoms with van der Waals surface area (Å²) in [6.45, 7) is 0. The van der Waals surface area contributed by atoms with Crippen molar-refractivity contribution in [1.29, 1.82) is 0 Å². The molecule has 0 aliphatic carbocycles. The summed E-state index contributed by atoms with van der Waals surface area (Å²) in [5.74, 6) is 1.41. The summed E-state index contributed by atoms with van der Waals surface area (Å²) in [6.07, 6.45) is 0. The molecule has 0 saturated heterocycles. The van der Waals surface area contributed by atoms with E-state index in [4.69, 9.17) is 14.0 Å². The first-order chi connectivity index (χ1) is 16.0.